The van der Waals surface area contributed by atoms with Crippen LogP contribution in [0.5, 0.6) is 0 Å². The van der Waals surface area contributed by atoms with Crippen molar-refractivity contribution < 1.29 is 28.0 Å². The van der Waals surface area contributed by atoms with Crippen molar-refractivity contribution in [1.29, 1.82) is 0 Å². The fourth-order valence-corrected chi connectivity index (χ4v) is 1.18. The smallest absolute Gasteiger partial charge is 0.335 e. The second kappa shape index (κ2) is 4.04. The van der Waals surface area contributed by atoms with Gasteiger partial charge in [-0.3, -0.25) is 10.1 Å². The summed E-state index contributed by atoms with van der Waals surface area (Å²) in [6, 6.07) is 0.775. The lowest BCUT2D eigenvalue weighted by atomic mass is 10.0. The van der Waals surface area contributed by atoms with E-state index in [1.54, 1.807) is 0 Å². The number of carboxylic acids is 1. The number of aromatic carboxylic acids is 1. The van der Waals surface area contributed by atoms with E-state index in [-0.39, 0.29) is 0 Å². The van der Waals surface area contributed by atoms with Gasteiger partial charge in [-0.25, -0.2) is 13.6 Å². The molecule has 5 nitrogen and oxygen atoms in total. The van der Waals surface area contributed by atoms with Gasteiger partial charge in [-0.2, -0.15) is 4.39 Å². The van der Waals surface area contributed by atoms with E-state index in [4.69, 9.17) is 5.11 Å². The van der Waals surface area contributed by atoms with E-state index in [2.05, 4.69) is 0 Å². The van der Waals surface area contributed by atoms with Crippen LogP contribution in [-0.4, -0.2) is 16.0 Å². The van der Waals surface area contributed by atoms with Gasteiger partial charge in [0.1, 0.15) is 0 Å². The molecule has 1 aromatic carbocycles. The van der Waals surface area contributed by atoms with Crippen molar-refractivity contribution >= 4 is 11.7 Å². The zero-order chi connectivity index (χ0) is 13.4. The van der Waals surface area contributed by atoms with Crippen LogP contribution < -0.4 is 0 Å². The summed E-state index contributed by atoms with van der Waals surface area (Å²) in [7, 11) is 0. The number of nitro benzene ring substituents is 1. The highest BCUT2D eigenvalue weighted by molar-refractivity contribution is 5.88. The Kier molecular flexibility index (Phi) is 3.08. The number of benzene rings is 1. The van der Waals surface area contributed by atoms with Crippen LogP contribution in [0.4, 0.5) is 18.9 Å². The maximum atomic E-state index is 13.3. The van der Waals surface area contributed by atoms with Gasteiger partial charge in [0.25, 0.3) is 5.92 Å². The molecule has 0 spiro atoms. The third kappa shape index (κ3) is 2.52. The van der Waals surface area contributed by atoms with Gasteiger partial charge in [-0.05, 0) is 6.07 Å². The summed E-state index contributed by atoms with van der Waals surface area (Å²) in [5.74, 6) is -7.09. The Morgan fingerprint density at radius 2 is 2.00 bits per heavy atom. The number of halogens is 3. The van der Waals surface area contributed by atoms with Gasteiger partial charge in [0.05, 0.1) is 16.1 Å². The van der Waals surface area contributed by atoms with Crippen molar-refractivity contribution in [2.75, 3.05) is 0 Å². The molecule has 0 saturated carbocycles. The van der Waals surface area contributed by atoms with Gasteiger partial charge in [0, 0.05) is 13.0 Å². The molecule has 0 amide bonds. The number of hydrogen-bond donors (Lipinski definition) is 1. The highest BCUT2D eigenvalue weighted by atomic mass is 19.3. The predicted octanol–water partition coefficient (Wildman–Crippen LogP) is 2.54. The minimum atomic E-state index is -3.71. The first kappa shape index (κ1) is 12.9. The van der Waals surface area contributed by atoms with Crippen LogP contribution >= 0.6 is 0 Å². The van der Waals surface area contributed by atoms with Crippen molar-refractivity contribution in [3.8, 4) is 0 Å². The van der Waals surface area contributed by atoms with E-state index in [9.17, 15) is 28.1 Å². The van der Waals surface area contributed by atoms with Crippen molar-refractivity contribution in [3.63, 3.8) is 0 Å². The average molecular weight is 249 g/mol. The molecule has 92 valence electrons. The average Bonchev–Trinajstić information content (AvgIpc) is 2.15. The Bertz CT molecular complexity index is 496. The van der Waals surface area contributed by atoms with Crippen LogP contribution in [0.15, 0.2) is 12.1 Å². The minimum absolute atomic E-state index is 0.320. The van der Waals surface area contributed by atoms with Gasteiger partial charge in [0.15, 0.2) is 0 Å². The number of carboxylic acid groups (broad SMARTS) is 1. The SMILES string of the molecule is CC(F)(F)c1cc(C(=O)O)cc([N+](=O)[O-])c1F. The number of carbonyl (C=O) groups is 1. The molecule has 0 aliphatic rings. The maximum absolute atomic E-state index is 13.3. The second-order valence-electron chi connectivity index (χ2n) is 3.31. The van der Waals surface area contributed by atoms with Crippen LogP contribution in [0, 0.1) is 15.9 Å². The monoisotopic (exact) mass is 249 g/mol. The van der Waals surface area contributed by atoms with Crippen LogP contribution in [-0.2, 0) is 5.92 Å². The van der Waals surface area contributed by atoms with E-state index >= 15 is 0 Å². The first-order valence-corrected chi connectivity index (χ1v) is 4.24. The standard InChI is InChI=1S/C9H6F3NO4/c1-9(11,12)5-2-4(8(14)15)3-6(7(5)10)13(16)17/h2-3H,1H3,(H,14,15). The summed E-state index contributed by atoms with van der Waals surface area (Å²) in [5.41, 5.74) is -3.37. The van der Waals surface area contributed by atoms with E-state index in [1.807, 2.05) is 0 Å². The summed E-state index contributed by atoms with van der Waals surface area (Å²) >= 11 is 0. The Hall–Kier alpha value is -2.12. The van der Waals surface area contributed by atoms with Crippen molar-refractivity contribution in [3.05, 3.63) is 39.2 Å². The summed E-state index contributed by atoms with van der Waals surface area (Å²) in [6.07, 6.45) is 0. The fourth-order valence-electron chi connectivity index (χ4n) is 1.18. The summed E-state index contributed by atoms with van der Waals surface area (Å²) in [5, 5.41) is 19.0. The topological polar surface area (TPSA) is 80.4 Å². The highest BCUT2D eigenvalue weighted by Crippen LogP contribution is 2.34. The zero-order valence-corrected chi connectivity index (χ0v) is 8.41. The molecule has 0 aliphatic heterocycles. The van der Waals surface area contributed by atoms with Gasteiger partial charge in [0.2, 0.25) is 5.82 Å². The van der Waals surface area contributed by atoms with Crippen molar-refractivity contribution in [1.82, 2.24) is 0 Å². The molecular weight excluding hydrogens is 243 g/mol. The molecule has 17 heavy (non-hydrogen) atoms. The second-order valence-corrected chi connectivity index (χ2v) is 3.31. The minimum Gasteiger partial charge on any atom is -0.478 e. The van der Waals surface area contributed by atoms with E-state index in [0.29, 0.717) is 19.1 Å². The summed E-state index contributed by atoms with van der Waals surface area (Å²) < 4.78 is 39.2. The third-order valence-electron chi connectivity index (χ3n) is 1.97. The van der Waals surface area contributed by atoms with E-state index < -0.39 is 39.4 Å². The summed E-state index contributed by atoms with van der Waals surface area (Å²) in [4.78, 5) is 19.7. The Morgan fingerprint density at radius 3 is 2.35 bits per heavy atom. The molecule has 0 radical (unpaired) electrons. The predicted molar refractivity (Wildman–Crippen MR) is 49.6 cm³/mol. The Morgan fingerprint density at radius 1 is 1.47 bits per heavy atom. The molecule has 1 aromatic rings. The molecule has 0 atom stereocenters. The lowest BCUT2D eigenvalue weighted by Crippen LogP contribution is -2.13. The normalized spacial score (nSPS) is 11.3. The Labute approximate surface area is 92.6 Å². The first-order valence-electron chi connectivity index (χ1n) is 4.24. The fraction of sp³-hybridized carbons (Fsp3) is 0.222. The molecule has 1 N–H and O–H groups in total. The molecule has 0 saturated heterocycles. The lowest BCUT2D eigenvalue weighted by molar-refractivity contribution is -0.387. The number of hydrogen-bond acceptors (Lipinski definition) is 3. The van der Waals surface area contributed by atoms with Gasteiger partial charge < -0.3 is 5.11 Å². The van der Waals surface area contributed by atoms with Crippen molar-refractivity contribution in [2.45, 2.75) is 12.8 Å². The molecule has 0 unspecified atom stereocenters. The third-order valence-corrected chi connectivity index (χ3v) is 1.97. The van der Waals surface area contributed by atoms with Crippen molar-refractivity contribution in [2.24, 2.45) is 0 Å². The maximum Gasteiger partial charge on any atom is 0.335 e. The molecule has 0 aromatic heterocycles. The molecule has 0 fully saturated rings. The van der Waals surface area contributed by atoms with Crippen LogP contribution in [0.25, 0.3) is 0 Å². The largest absolute Gasteiger partial charge is 0.478 e. The highest BCUT2D eigenvalue weighted by Gasteiger charge is 2.34. The molecule has 0 bridgehead atoms. The number of nitrogens with zero attached hydrogens (tertiary/aromatic N) is 1. The number of alkyl halides is 2. The number of nitro groups is 1. The van der Waals surface area contributed by atoms with Crippen LogP contribution in [0.1, 0.15) is 22.8 Å². The molecule has 1 rings (SSSR count). The quantitative estimate of drug-likeness (QED) is 0.659. The number of rotatable bonds is 3. The first-order chi connectivity index (χ1) is 7.64. The zero-order valence-electron chi connectivity index (χ0n) is 8.41. The lowest BCUT2D eigenvalue weighted by Gasteiger charge is -2.12. The van der Waals surface area contributed by atoms with Gasteiger partial charge in [-0.1, -0.05) is 0 Å². The molecule has 8 heteroatoms. The van der Waals surface area contributed by atoms with E-state index in [1.165, 1.54) is 0 Å². The van der Waals surface area contributed by atoms with Gasteiger partial charge in [-0.15, -0.1) is 0 Å². The Balaban J connectivity index is 3.60. The molecular formula is C9H6F3NO4. The molecule has 0 heterocycles. The van der Waals surface area contributed by atoms with Crippen LogP contribution in [0.3, 0.4) is 0 Å². The summed E-state index contributed by atoms with van der Waals surface area (Å²) in [6.45, 7) is 0.320. The molecule has 0 aliphatic carbocycles. The van der Waals surface area contributed by atoms with E-state index in [0.717, 1.165) is 0 Å². The van der Waals surface area contributed by atoms with Crippen LogP contribution in [0.2, 0.25) is 0 Å². The van der Waals surface area contributed by atoms with Gasteiger partial charge >= 0.3 is 11.7 Å².